The number of hydrogen-bond donors (Lipinski definition) is 2. The Bertz CT molecular complexity index is 972. The maximum absolute atomic E-state index is 12.3. The van der Waals surface area contributed by atoms with E-state index in [1.54, 1.807) is 19.1 Å². The van der Waals surface area contributed by atoms with E-state index in [9.17, 15) is 9.59 Å². The van der Waals surface area contributed by atoms with Gasteiger partial charge in [-0.05, 0) is 51.1 Å². The summed E-state index contributed by atoms with van der Waals surface area (Å²) in [6.07, 6.45) is 0. The number of nitrogens with zero attached hydrogens (tertiary/aromatic N) is 3. The molecule has 2 aromatic heterocycles. The van der Waals surface area contributed by atoms with E-state index in [1.807, 2.05) is 36.6 Å². The standard InChI is InChI=1S/C18H19N5O2S/c1-10-8-15(12(3)24)11(2)23(10)14-6-4-13(5-7-14)17(25)20-9-16-21-22-18(19)26-16/h4-8H,9H2,1-3H3,(H2,19,22)(H,20,25). The fraction of sp³-hybridized carbons (Fsp3) is 0.222. The van der Waals surface area contributed by atoms with Crippen molar-refractivity contribution < 1.29 is 9.59 Å². The van der Waals surface area contributed by atoms with Crippen LogP contribution in [0.2, 0.25) is 0 Å². The fourth-order valence-corrected chi connectivity index (χ4v) is 3.42. The molecule has 0 saturated carbocycles. The Kier molecular flexibility index (Phi) is 4.85. The number of aryl methyl sites for hydroxylation is 1. The molecule has 0 aliphatic rings. The van der Waals surface area contributed by atoms with Gasteiger partial charge in [-0.1, -0.05) is 11.3 Å². The number of nitrogens with one attached hydrogen (secondary N) is 1. The zero-order chi connectivity index (χ0) is 18.8. The summed E-state index contributed by atoms with van der Waals surface area (Å²) in [5, 5.41) is 11.4. The molecule has 0 aliphatic carbocycles. The molecule has 0 saturated heterocycles. The molecule has 3 rings (SSSR count). The van der Waals surface area contributed by atoms with Crippen LogP contribution in [-0.2, 0) is 6.54 Å². The first-order valence-electron chi connectivity index (χ1n) is 8.03. The summed E-state index contributed by atoms with van der Waals surface area (Å²) in [5.74, 6) is -0.159. The van der Waals surface area contributed by atoms with Crippen LogP contribution >= 0.6 is 11.3 Å². The molecule has 0 radical (unpaired) electrons. The van der Waals surface area contributed by atoms with Gasteiger partial charge in [0.05, 0.1) is 6.54 Å². The molecular formula is C18H19N5O2S. The summed E-state index contributed by atoms with van der Waals surface area (Å²) in [6.45, 7) is 5.71. The van der Waals surface area contributed by atoms with E-state index >= 15 is 0 Å². The molecule has 134 valence electrons. The van der Waals surface area contributed by atoms with Crippen LogP contribution < -0.4 is 11.1 Å². The number of carbonyl (C=O) groups excluding carboxylic acids is 2. The zero-order valence-electron chi connectivity index (χ0n) is 14.7. The number of ketones is 1. The number of aromatic nitrogens is 3. The highest BCUT2D eigenvalue weighted by Gasteiger charge is 2.14. The van der Waals surface area contributed by atoms with E-state index < -0.39 is 0 Å². The van der Waals surface area contributed by atoms with Gasteiger partial charge in [-0.2, -0.15) is 0 Å². The van der Waals surface area contributed by atoms with Gasteiger partial charge in [-0.15, -0.1) is 10.2 Å². The first kappa shape index (κ1) is 17.8. The first-order chi connectivity index (χ1) is 12.4. The van der Waals surface area contributed by atoms with Crippen LogP contribution in [0, 0.1) is 13.8 Å². The molecule has 3 N–H and O–H groups in total. The highest BCUT2D eigenvalue weighted by atomic mass is 32.1. The normalized spacial score (nSPS) is 10.7. The van der Waals surface area contributed by atoms with Crippen molar-refractivity contribution >= 4 is 28.2 Å². The lowest BCUT2D eigenvalue weighted by Crippen LogP contribution is -2.22. The number of carbonyl (C=O) groups is 2. The van der Waals surface area contributed by atoms with Crippen molar-refractivity contribution in [2.45, 2.75) is 27.3 Å². The quantitative estimate of drug-likeness (QED) is 0.673. The Morgan fingerprint density at radius 1 is 1.19 bits per heavy atom. The molecule has 0 fully saturated rings. The molecule has 7 nitrogen and oxygen atoms in total. The van der Waals surface area contributed by atoms with Gasteiger partial charge in [0.25, 0.3) is 5.91 Å². The minimum absolute atomic E-state index is 0.0395. The lowest BCUT2D eigenvalue weighted by atomic mass is 10.1. The summed E-state index contributed by atoms with van der Waals surface area (Å²) in [4.78, 5) is 24.0. The second-order valence-electron chi connectivity index (χ2n) is 5.94. The molecule has 0 aliphatic heterocycles. The van der Waals surface area contributed by atoms with Gasteiger partial charge in [-0.3, -0.25) is 9.59 Å². The SMILES string of the molecule is CC(=O)c1cc(C)n(-c2ccc(C(=O)NCc3nnc(N)s3)cc2)c1C. The van der Waals surface area contributed by atoms with E-state index in [0.29, 0.717) is 21.3 Å². The largest absolute Gasteiger partial charge is 0.374 e. The second kappa shape index (κ2) is 7.09. The van der Waals surface area contributed by atoms with Crippen LogP contribution in [0.25, 0.3) is 5.69 Å². The van der Waals surface area contributed by atoms with Crippen molar-refractivity contribution in [2.75, 3.05) is 5.73 Å². The smallest absolute Gasteiger partial charge is 0.251 e. The molecule has 0 spiro atoms. The maximum atomic E-state index is 12.3. The minimum Gasteiger partial charge on any atom is -0.374 e. The summed E-state index contributed by atoms with van der Waals surface area (Å²) < 4.78 is 2.00. The highest BCUT2D eigenvalue weighted by molar-refractivity contribution is 7.15. The summed E-state index contributed by atoms with van der Waals surface area (Å²) in [5.41, 5.74) is 9.54. The van der Waals surface area contributed by atoms with E-state index in [0.717, 1.165) is 17.1 Å². The number of hydrogen-bond acceptors (Lipinski definition) is 6. The summed E-state index contributed by atoms with van der Waals surface area (Å²) in [6, 6.07) is 9.12. The topological polar surface area (TPSA) is 103 Å². The van der Waals surface area contributed by atoms with Gasteiger partial charge < -0.3 is 15.6 Å². The Morgan fingerprint density at radius 2 is 1.88 bits per heavy atom. The van der Waals surface area contributed by atoms with E-state index in [1.165, 1.54) is 11.3 Å². The molecule has 26 heavy (non-hydrogen) atoms. The number of Topliss-reactive ketones (excluding diaryl/α,β-unsaturated/α-hetero) is 1. The van der Waals surface area contributed by atoms with Gasteiger partial charge >= 0.3 is 0 Å². The number of amides is 1. The van der Waals surface area contributed by atoms with Gasteiger partial charge in [0.15, 0.2) is 5.78 Å². The number of rotatable bonds is 5. The lowest BCUT2D eigenvalue weighted by molar-refractivity contribution is 0.0950. The van der Waals surface area contributed by atoms with Crippen molar-refractivity contribution in [2.24, 2.45) is 0 Å². The highest BCUT2D eigenvalue weighted by Crippen LogP contribution is 2.21. The Morgan fingerprint density at radius 3 is 2.42 bits per heavy atom. The van der Waals surface area contributed by atoms with Crippen molar-refractivity contribution in [1.82, 2.24) is 20.1 Å². The van der Waals surface area contributed by atoms with Crippen LogP contribution in [0.4, 0.5) is 5.13 Å². The average molecular weight is 369 g/mol. The van der Waals surface area contributed by atoms with Crippen LogP contribution in [0.3, 0.4) is 0 Å². The zero-order valence-corrected chi connectivity index (χ0v) is 15.6. The monoisotopic (exact) mass is 369 g/mol. The predicted octanol–water partition coefficient (Wildman–Crippen LogP) is 2.66. The molecule has 3 aromatic rings. The maximum Gasteiger partial charge on any atom is 0.251 e. The van der Waals surface area contributed by atoms with Gasteiger partial charge in [0, 0.05) is 28.2 Å². The van der Waals surface area contributed by atoms with Gasteiger partial charge in [0.2, 0.25) is 5.13 Å². The molecule has 2 heterocycles. The minimum atomic E-state index is -0.198. The third-order valence-electron chi connectivity index (χ3n) is 4.08. The molecule has 0 bridgehead atoms. The van der Waals surface area contributed by atoms with E-state index in [4.69, 9.17) is 5.73 Å². The summed E-state index contributed by atoms with van der Waals surface area (Å²) in [7, 11) is 0. The first-order valence-corrected chi connectivity index (χ1v) is 8.85. The summed E-state index contributed by atoms with van der Waals surface area (Å²) >= 11 is 1.24. The van der Waals surface area contributed by atoms with Gasteiger partial charge in [-0.25, -0.2) is 0 Å². The molecule has 0 unspecified atom stereocenters. The average Bonchev–Trinajstić information content (AvgIpc) is 3.15. The van der Waals surface area contributed by atoms with Crippen LogP contribution in [0.5, 0.6) is 0 Å². The third-order valence-corrected chi connectivity index (χ3v) is 4.83. The molecule has 1 amide bonds. The van der Waals surface area contributed by atoms with Gasteiger partial charge in [0.1, 0.15) is 5.01 Å². The predicted molar refractivity (Wildman–Crippen MR) is 101 cm³/mol. The Balaban J connectivity index is 1.76. The van der Waals surface area contributed by atoms with E-state index in [2.05, 4.69) is 15.5 Å². The molecule has 1 aromatic carbocycles. The third kappa shape index (κ3) is 3.50. The van der Waals surface area contributed by atoms with Crippen LogP contribution in [-0.4, -0.2) is 26.5 Å². The van der Waals surface area contributed by atoms with Crippen molar-refractivity contribution in [3.8, 4) is 5.69 Å². The van der Waals surface area contributed by atoms with E-state index in [-0.39, 0.29) is 18.2 Å². The lowest BCUT2D eigenvalue weighted by Gasteiger charge is -2.11. The van der Waals surface area contributed by atoms with Crippen molar-refractivity contribution in [3.63, 3.8) is 0 Å². The van der Waals surface area contributed by atoms with Crippen molar-refractivity contribution in [3.05, 3.63) is 57.9 Å². The number of nitrogens with two attached hydrogens (primary N) is 1. The molecular weight excluding hydrogens is 350 g/mol. The molecule has 0 atom stereocenters. The number of nitrogen functional groups attached to an aromatic ring is 1. The Labute approximate surface area is 154 Å². The van der Waals surface area contributed by atoms with Crippen LogP contribution in [0.1, 0.15) is 44.0 Å². The second-order valence-corrected chi connectivity index (χ2v) is 7.03. The van der Waals surface area contributed by atoms with Crippen LogP contribution in [0.15, 0.2) is 30.3 Å². The van der Waals surface area contributed by atoms with Crippen molar-refractivity contribution in [1.29, 1.82) is 0 Å². The number of anilines is 1. The Hall–Kier alpha value is -3.00. The number of benzene rings is 1. The fourth-order valence-electron chi connectivity index (χ4n) is 2.87. The molecule has 8 heteroatoms.